The second kappa shape index (κ2) is 47.6. The van der Waals surface area contributed by atoms with Gasteiger partial charge >= 0.3 is 0 Å². The molecule has 0 aromatic carbocycles. The van der Waals surface area contributed by atoms with Gasteiger partial charge in [0, 0.05) is 6.42 Å². The molecule has 1 amide bonds. The van der Waals surface area contributed by atoms with Gasteiger partial charge in [0.2, 0.25) is 5.91 Å². The number of rotatable bonds is 39. The molecule has 4 heteroatoms. The van der Waals surface area contributed by atoms with Crippen LogP contribution in [-0.2, 0) is 4.79 Å². The summed E-state index contributed by atoms with van der Waals surface area (Å²) in [4.78, 5) is 12.3. The van der Waals surface area contributed by atoms with E-state index in [0.29, 0.717) is 6.42 Å². The van der Waals surface area contributed by atoms with Gasteiger partial charge in [-0.25, -0.2) is 0 Å². The quantitative estimate of drug-likeness (QED) is 0.0429. The molecule has 0 bridgehead atoms. The Kier molecular flexibility index (Phi) is 44.6. The predicted molar refractivity (Wildman–Crippen MR) is 257 cm³/mol. The number of hydrogen-bond donors (Lipinski definition) is 3. The third-order valence-electron chi connectivity index (χ3n) is 9.33. The summed E-state index contributed by atoms with van der Waals surface area (Å²) in [6, 6.07) is -0.640. The van der Waals surface area contributed by atoms with Gasteiger partial charge in [-0.05, 0) is 103 Å². The van der Waals surface area contributed by atoms with Crippen molar-refractivity contribution in [3.8, 4) is 0 Å². The summed E-state index contributed by atoms with van der Waals surface area (Å²) in [5.41, 5.74) is 0. The van der Waals surface area contributed by atoms with Gasteiger partial charge in [-0.15, -0.1) is 0 Å². The molecule has 0 radical (unpaired) electrons. The van der Waals surface area contributed by atoms with E-state index in [4.69, 9.17) is 0 Å². The molecule has 0 aliphatic rings. The Balaban J connectivity index is 3.70. The van der Waals surface area contributed by atoms with Crippen molar-refractivity contribution < 1.29 is 15.0 Å². The van der Waals surface area contributed by atoms with Crippen molar-refractivity contribution >= 4 is 5.91 Å². The van der Waals surface area contributed by atoms with E-state index in [0.717, 1.165) is 109 Å². The van der Waals surface area contributed by atoms with Crippen molar-refractivity contribution in [3.05, 3.63) is 146 Å². The van der Waals surface area contributed by atoms with E-state index in [-0.39, 0.29) is 12.5 Å². The number of aliphatic hydroxyl groups excluding tert-OH is 2. The number of hydrogen-bond acceptors (Lipinski definition) is 3. The van der Waals surface area contributed by atoms with Crippen LogP contribution in [0, 0.1) is 0 Å². The zero-order chi connectivity index (χ0) is 42.1. The first kappa shape index (κ1) is 54.3. The van der Waals surface area contributed by atoms with Crippen LogP contribution in [0.25, 0.3) is 0 Å². The highest BCUT2D eigenvalue weighted by Gasteiger charge is 2.17. The Hall–Kier alpha value is -3.73. The Bertz CT molecular complexity index is 1270. The Morgan fingerprint density at radius 3 is 1.14 bits per heavy atom. The van der Waals surface area contributed by atoms with E-state index in [2.05, 4.69) is 153 Å². The maximum absolute atomic E-state index is 12.3. The molecule has 4 nitrogen and oxygen atoms in total. The van der Waals surface area contributed by atoms with Gasteiger partial charge in [0.25, 0.3) is 0 Å². The van der Waals surface area contributed by atoms with Crippen LogP contribution in [-0.4, -0.2) is 34.9 Å². The van der Waals surface area contributed by atoms with Crippen LogP contribution in [0.4, 0.5) is 0 Å². The predicted octanol–water partition coefficient (Wildman–Crippen LogP) is 14.9. The average molecular weight is 796 g/mol. The molecular weight excluding hydrogens is 711 g/mol. The maximum Gasteiger partial charge on any atom is 0.220 e. The topological polar surface area (TPSA) is 69.6 Å². The Morgan fingerprint density at radius 1 is 0.431 bits per heavy atom. The summed E-state index contributed by atoms with van der Waals surface area (Å²) in [7, 11) is 0. The SMILES string of the molecule is CC/C=C\C/C=C\C/C=C\C/C=C\C/C=C\C/C=C\C/C=C\C/C=C\C/C=C\C/C=C\C/C=C\CCCCCCCC(=O)NC(CO)C(O)/C=C/CCCCCCC. The third kappa shape index (κ3) is 43.4. The molecular formula is C54H85NO3. The van der Waals surface area contributed by atoms with Crippen molar-refractivity contribution in [1.29, 1.82) is 0 Å². The summed E-state index contributed by atoms with van der Waals surface area (Å²) in [6.07, 6.45) is 76.9. The minimum Gasteiger partial charge on any atom is -0.394 e. The van der Waals surface area contributed by atoms with Crippen LogP contribution < -0.4 is 5.32 Å². The highest BCUT2D eigenvalue weighted by molar-refractivity contribution is 5.76. The number of nitrogens with one attached hydrogen (secondary N) is 1. The summed E-state index contributed by atoms with van der Waals surface area (Å²) in [5.74, 6) is -0.0956. The molecule has 0 saturated carbocycles. The fourth-order valence-corrected chi connectivity index (χ4v) is 5.83. The van der Waals surface area contributed by atoms with E-state index in [9.17, 15) is 15.0 Å². The van der Waals surface area contributed by atoms with E-state index >= 15 is 0 Å². The minimum atomic E-state index is -0.854. The molecule has 2 unspecified atom stereocenters. The standard InChI is InChI=1S/C54H85NO3/c1-3-5-7-9-11-12-13-14-15-16-17-18-19-20-21-22-23-24-25-26-27-28-29-30-31-32-33-34-35-36-37-38-39-40-41-42-44-46-48-50-54(58)55-52(51-56)53(57)49-47-45-43-10-8-6-4-2/h5,7,11-12,14-15,17-18,20-21,23-24,26-27,29-30,32-33,35-36,38-39,47,49,52-53,56-57H,3-4,6,8-10,13,16,19,22,25,28,31,34,37,40-46,48,50-51H2,1-2H3,(H,55,58)/b7-5-,12-11-,15-14-,18-17-,21-20-,24-23-,27-26-,30-29-,33-32-,36-35-,39-38-,49-47+. The van der Waals surface area contributed by atoms with Crippen LogP contribution in [0.5, 0.6) is 0 Å². The second-order valence-corrected chi connectivity index (χ2v) is 14.7. The minimum absolute atomic E-state index is 0.0956. The van der Waals surface area contributed by atoms with Crippen LogP contribution in [0.15, 0.2) is 146 Å². The van der Waals surface area contributed by atoms with Gasteiger partial charge in [0.05, 0.1) is 18.8 Å². The molecule has 0 rings (SSSR count). The number of unbranched alkanes of at least 4 members (excludes halogenated alkanes) is 10. The Labute approximate surface area is 357 Å². The summed E-state index contributed by atoms with van der Waals surface area (Å²) in [6.45, 7) is 4.10. The van der Waals surface area contributed by atoms with E-state index in [1.54, 1.807) is 6.08 Å². The normalized spacial score (nSPS) is 14.3. The molecule has 0 aromatic rings. The molecule has 58 heavy (non-hydrogen) atoms. The smallest absolute Gasteiger partial charge is 0.220 e. The molecule has 0 aliphatic heterocycles. The third-order valence-corrected chi connectivity index (χ3v) is 9.33. The monoisotopic (exact) mass is 796 g/mol. The fourth-order valence-electron chi connectivity index (χ4n) is 5.83. The second-order valence-electron chi connectivity index (χ2n) is 14.7. The van der Waals surface area contributed by atoms with Gasteiger partial charge in [0.1, 0.15) is 0 Å². The molecule has 3 N–H and O–H groups in total. The maximum atomic E-state index is 12.3. The van der Waals surface area contributed by atoms with E-state index in [1.165, 1.54) is 38.5 Å². The first-order valence-electron chi connectivity index (χ1n) is 23.0. The van der Waals surface area contributed by atoms with Crippen LogP contribution in [0.3, 0.4) is 0 Å². The molecule has 0 heterocycles. The lowest BCUT2D eigenvalue weighted by molar-refractivity contribution is -0.123. The van der Waals surface area contributed by atoms with Crippen LogP contribution in [0.2, 0.25) is 0 Å². The van der Waals surface area contributed by atoms with Gasteiger partial charge in [-0.2, -0.15) is 0 Å². The molecule has 0 spiro atoms. The largest absolute Gasteiger partial charge is 0.394 e. The first-order valence-corrected chi connectivity index (χ1v) is 23.0. The number of aliphatic hydroxyl groups is 2. The number of carbonyl (C=O) groups excluding carboxylic acids is 1. The van der Waals surface area contributed by atoms with Crippen molar-refractivity contribution in [2.75, 3.05) is 6.61 Å². The lowest BCUT2D eigenvalue weighted by Gasteiger charge is -2.20. The molecule has 324 valence electrons. The molecule has 0 aromatic heterocycles. The van der Waals surface area contributed by atoms with Crippen molar-refractivity contribution in [2.24, 2.45) is 0 Å². The highest BCUT2D eigenvalue weighted by Crippen LogP contribution is 2.10. The lowest BCUT2D eigenvalue weighted by atomic mass is 10.1. The van der Waals surface area contributed by atoms with E-state index in [1.807, 2.05) is 6.08 Å². The first-order chi connectivity index (χ1) is 28.7. The van der Waals surface area contributed by atoms with Gasteiger partial charge in [0.15, 0.2) is 0 Å². The van der Waals surface area contributed by atoms with Crippen molar-refractivity contribution in [3.63, 3.8) is 0 Å². The van der Waals surface area contributed by atoms with Crippen LogP contribution in [0.1, 0.15) is 168 Å². The van der Waals surface area contributed by atoms with Gasteiger partial charge in [-0.1, -0.05) is 205 Å². The fraction of sp³-hybridized carbons (Fsp3) is 0.537. The van der Waals surface area contributed by atoms with Crippen molar-refractivity contribution in [1.82, 2.24) is 5.32 Å². The number of allylic oxidation sites excluding steroid dienone is 23. The molecule has 0 saturated heterocycles. The summed E-state index contributed by atoms with van der Waals surface area (Å²) < 4.78 is 0. The van der Waals surface area contributed by atoms with Crippen LogP contribution >= 0.6 is 0 Å². The van der Waals surface area contributed by atoms with E-state index < -0.39 is 12.1 Å². The summed E-state index contributed by atoms with van der Waals surface area (Å²) in [5, 5.41) is 22.7. The number of amides is 1. The lowest BCUT2D eigenvalue weighted by Crippen LogP contribution is -2.45. The molecule has 0 aliphatic carbocycles. The molecule has 2 atom stereocenters. The number of carbonyl (C=O) groups is 1. The Morgan fingerprint density at radius 2 is 0.759 bits per heavy atom. The zero-order valence-corrected chi connectivity index (χ0v) is 37.0. The van der Waals surface area contributed by atoms with Gasteiger partial charge < -0.3 is 15.5 Å². The zero-order valence-electron chi connectivity index (χ0n) is 37.0. The highest BCUT2D eigenvalue weighted by atomic mass is 16.3. The summed E-state index contributed by atoms with van der Waals surface area (Å²) >= 11 is 0. The average Bonchev–Trinajstić information content (AvgIpc) is 3.23. The van der Waals surface area contributed by atoms with Gasteiger partial charge in [-0.3, -0.25) is 4.79 Å². The molecule has 0 fully saturated rings. The van der Waals surface area contributed by atoms with Crippen molar-refractivity contribution in [2.45, 2.75) is 180 Å².